The van der Waals surface area contributed by atoms with Gasteiger partial charge >= 0.3 is 0 Å². The Morgan fingerprint density at radius 1 is 0.895 bits per heavy atom. The van der Waals surface area contributed by atoms with Gasteiger partial charge in [0.1, 0.15) is 11.6 Å². The van der Waals surface area contributed by atoms with Crippen molar-refractivity contribution in [2.75, 3.05) is 20.6 Å². The molecule has 1 aromatic heterocycles. The SMILES string of the molecule is CN(C)CCc1nnc(CN2C(=O)c3ccccc3C2=O)n1-c1ccc(F)cc1C(=O)c1ccccc1Cl. The third kappa shape index (κ3) is 4.62. The van der Waals surface area contributed by atoms with Crippen LogP contribution in [-0.4, -0.2) is 62.8 Å². The van der Waals surface area contributed by atoms with Crippen molar-refractivity contribution in [2.45, 2.75) is 13.0 Å². The number of carbonyl (C=O) groups excluding carboxylic acids is 3. The first-order chi connectivity index (χ1) is 18.3. The van der Waals surface area contributed by atoms with Crippen molar-refractivity contribution < 1.29 is 18.8 Å². The topological polar surface area (TPSA) is 88.4 Å². The number of benzene rings is 3. The van der Waals surface area contributed by atoms with Crippen molar-refractivity contribution in [3.05, 3.63) is 111 Å². The first-order valence-corrected chi connectivity index (χ1v) is 12.3. The molecular formula is C28H23ClFN5O3. The average Bonchev–Trinajstić information content (AvgIpc) is 3.41. The molecule has 0 spiro atoms. The quantitative estimate of drug-likeness (QED) is 0.250. The number of rotatable bonds is 8. The minimum absolute atomic E-state index is 0.0487. The number of imide groups is 1. The summed E-state index contributed by atoms with van der Waals surface area (Å²) < 4.78 is 16.1. The summed E-state index contributed by atoms with van der Waals surface area (Å²) in [6.07, 6.45) is 0.444. The minimum atomic E-state index is -0.603. The molecule has 0 N–H and O–H groups in total. The molecule has 3 aromatic carbocycles. The minimum Gasteiger partial charge on any atom is -0.309 e. The molecule has 8 nitrogen and oxygen atoms in total. The molecule has 0 saturated carbocycles. The Morgan fingerprint density at radius 2 is 1.53 bits per heavy atom. The van der Waals surface area contributed by atoms with E-state index in [1.54, 1.807) is 53.1 Å². The summed E-state index contributed by atoms with van der Waals surface area (Å²) in [4.78, 5) is 42.7. The van der Waals surface area contributed by atoms with Crippen molar-refractivity contribution in [1.29, 1.82) is 0 Å². The molecule has 1 aliphatic rings. The van der Waals surface area contributed by atoms with E-state index in [2.05, 4.69) is 10.2 Å². The molecule has 0 radical (unpaired) electrons. The van der Waals surface area contributed by atoms with Crippen LogP contribution in [0.1, 0.15) is 48.3 Å². The van der Waals surface area contributed by atoms with Crippen LogP contribution in [0, 0.1) is 5.82 Å². The number of hydrogen-bond acceptors (Lipinski definition) is 6. The molecule has 38 heavy (non-hydrogen) atoms. The highest BCUT2D eigenvalue weighted by molar-refractivity contribution is 6.35. The van der Waals surface area contributed by atoms with Gasteiger partial charge in [0.05, 0.1) is 28.4 Å². The summed E-state index contributed by atoms with van der Waals surface area (Å²) in [5, 5.41) is 8.85. The first-order valence-electron chi connectivity index (χ1n) is 11.9. The van der Waals surface area contributed by atoms with Crippen molar-refractivity contribution >= 4 is 29.2 Å². The third-order valence-electron chi connectivity index (χ3n) is 6.32. The monoisotopic (exact) mass is 531 g/mol. The standard InChI is InChI=1S/C28H23ClFN5O3/c1-33(2)14-13-24-31-32-25(16-34-27(37)18-7-3-4-8-19(18)28(34)38)35(24)23-12-11-17(30)15-21(23)26(36)20-9-5-6-10-22(20)29/h3-12,15H,13-14,16H2,1-2H3. The highest BCUT2D eigenvalue weighted by Gasteiger charge is 2.36. The van der Waals surface area contributed by atoms with Crippen LogP contribution in [0.3, 0.4) is 0 Å². The number of likely N-dealkylation sites (N-methyl/N-ethyl adjacent to an activating group) is 1. The molecule has 0 saturated heterocycles. The van der Waals surface area contributed by atoms with E-state index in [0.717, 1.165) is 11.0 Å². The van der Waals surface area contributed by atoms with E-state index < -0.39 is 23.4 Å². The lowest BCUT2D eigenvalue weighted by molar-refractivity contribution is 0.0637. The van der Waals surface area contributed by atoms with Gasteiger partial charge in [-0.25, -0.2) is 4.39 Å². The zero-order valence-corrected chi connectivity index (χ0v) is 21.4. The summed E-state index contributed by atoms with van der Waals surface area (Å²) in [5.74, 6) is -1.22. The van der Waals surface area contributed by atoms with Crippen molar-refractivity contribution in [1.82, 2.24) is 24.6 Å². The van der Waals surface area contributed by atoms with Crippen LogP contribution in [0.15, 0.2) is 66.7 Å². The lowest BCUT2D eigenvalue weighted by Crippen LogP contribution is -2.30. The second-order valence-electron chi connectivity index (χ2n) is 9.13. The lowest BCUT2D eigenvalue weighted by Gasteiger charge is -2.18. The number of aromatic nitrogens is 3. The van der Waals surface area contributed by atoms with Gasteiger partial charge in [0.2, 0.25) is 0 Å². The summed E-state index contributed by atoms with van der Waals surface area (Å²) in [5.41, 5.74) is 1.21. The Bertz CT molecular complexity index is 1550. The molecule has 1 aliphatic heterocycles. The van der Waals surface area contributed by atoms with E-state index in [9.17, 15) is 18.8 Å². The van der Waals surface area contributed by atoms with Crippen LogP contribution in [0.25, 0.3) is 5.69 Å². The molecule has 0 atom stereocenters. The summed E-state index contributed by atoms with van der Waals surface area (Å²) in [6.45, 7) is 0.429. The number of halogens is 2. The zero-order valence-electron chi connectivity index (χ0n) is 20.7. The van der Waals surface area contributed by atoms with Crippen LogP contribution < -0.4 is 0 Å². The predicted molar refractivity (Wildman–Crippen MR) is 139 cm³/mol. The molecule has 2 amide bonds. The maximum atomic E-state index is 14.5. The highest BCUT2D eigenvalue weighted by atomic mass is 35.5. The van der Waals surface area contributed by atoms with Crippen LogP contribution in [0.2, 0.25) is 5.02 Å². The van der Waals surface area contributed by atoms with Crippen LogP contribution in [0.4, 0.5) is 4.39 Å². The fraction of sp³-hybridized carbons (Fsp3) is 0.179. The summed E-state index contributed by atoms with van der Waals surface area (Å²) in [7, 11) is 3.81. The fourth-order valence-corrected chi connectivity index (χ4v) is 4.64. The number of carbonyl (C=O) groups is 3. The molecule has 0 aliphatic carbocycles. The third-order valence-corrected chi connectivity index (χ3v) is 6.65. The van der Waals surface area contributed by atoms with Gasteiger partial charge < -0.3 is 4.90 Å². The van der Waals surface area contributed by atoms with E-state index in [4.69, 9.17) is 11.6 Å². The van der Waals surface area contributed by atoms with Gasteiger partial charge in [0.15, 0.2) is 11.6 Å². The predicted octanol–water partition coefficient (Wildman–Crippen LogP) is 4.19. The summed E-state index contributed by atoms with van der Waals surface area (Å²) in [6, 6.07) is 17.0. The first kappa shape index (κ1) is 25.4. The number of fused-ring (bicyclic) bond motifs is 1. The van der Waals surface area contributed by atoms with Crippen molar-refractivity contribution in [3.8, 4) is 5.69 Å². The smallest absolute Gasteiger partial charge is 0.261 e. The van der Waals surface area contributed by atoms with Gasteiger partial charge in [0.25, 0.3) is 11.8 Å². The molecule has 10 heteroatoms. The number of hydrogen-bond donors (Lipinski definition) is 0. The second-order valence-corrected chi connectivity index (χ2v) is 9.54. The second kappa shape index (κ2) is 10.3. The van der Waals surface area contributed by atoms with Gasteiger partial charge in [0, 0.05) is 24.1 Å². The number of ketones is 1. The van der Waals surface area contributed by atoms with E-state index in [1.165, 1.54) is 12.1 Å². The Morgan fingerprint density at radius 3 is 2.18 bits per heavy atom. The zero-order chi connectivity index (χ0) is 27.0. The molecule has 0 fully saturated rings. The van der Waals surface area contributed by atoms with Crippen LogP contribution in [-0.2, 0) is 13.0 Å². The van der Waals surface area contributed by atoms with E-state index >= 15 is 0 Å². The Hall–Kier alpha value is -4.21. The molecule has 0 unspecified atom stereocenters. The van der Waals surface area contributed by atoms with Gasteiger partial charge in [-0.15, -0.1) is 10.2 Å². The maximum Gasteiger partial charge on any atom is 0.261 e. The average molecular weight is 532 g/mol. The van der Waals surface area contributed by atoms with Gasteiger partial charge in [-0.2, -0.15) is 0 Å². The van der Waals surface area contributed by atoms with Crippen LogP contribution >= 0.6 is 11.6 Å². The maximum absolute atomic E-state index is 14.5. The largest absolute Gasteiger partial charge is 0.309 e. The Labute approximate surface area is 223 Å². The fourth-order valence-electron chi connectivity index (χ4n) is 4.42. The number of nitrogens with zero attached hydrogens (tertiary/aromatic N) is 5. The van der Waals surface area contributed by atoms with E-state index in [1.807, 2.05) is 19.0 Å². The molecular weight excluding hydrogens is 509 g/mol. The van der Waals surface area contributed by atoms with E-state index in [0.29, 0.717) is 35.6 Å². The highest BCUT2D eigenvalue weighted by Crippen LogP contribution is 2.28. The Kier molecular flexibility index (Phi) is 6.88. The normalized spacial score (nSPS) is 12.9. The number of amides is 2. The van der Waals surface area contributed by atoms with Crippen LogP contribution in [0.5, 0.6) is 0 Å². The van der Waals surface area contributed by atoms with Gasteiger partial charge in [-0.1, -0.05) is 35.9 Å². The lowest BCUT2D eigenvalue weighted by atomic mass is 10.0. The molecule has 5 rings (SSSR count). The van der Waals surface area contributed by atoms with E-state index in [-0.39, 0.29) is 28.5 Å². The molecule has 0 bridgehead atoms. The Balaban J connectivity index is 1.62. The molecule has 4 aromatic rings. The molecule has 192 valence electrons. The van der Waals surface area contributed by atoms with Crippen molar-refractivity contribution in [3.63, 3.8) is 0 Å². The van der Waals surface area contributed by atoms with Gasteiger partial charge in [-0.3, -0.25) is 23.9 Å². The van der Waals surface area contributed by atoms with Gasteiger partial charge in [-0.05, 0) is 56.6 Å². The summed E-state index contributed by atoms with van der Waals surface area (Å²) >= 11 is 6.29. The molecule has 2 heterocycles. The van der Waals surface area contributed by atoms with Crippen molar-refractivity contribution in [2.24, 2.45) is 0 Å².